The van der Waals surface area contributed by atoms with Crippen LogP contribution >= 0.6 is 0 Å². The fraction of sp³-hybridized carbons (Fsp3) is 0.0566. The molecule has 0 unspecified atom stereocenters. The van der Waals surface area contributed by atoms with Gasteiger partial charge in [0, 0.05) is 16.2 Å². The topological polar surface area (TPSA) is 13.1 Å². The Morgan fingerprint density at radius 1 is 0.352 bits per heavy atom. The van der Waals surface area contributed by atoms with E-state index in [1.807, 2.05) is 6.07 Å². The molecule has 0 saturated carbocycles. The minimum atomic E-state index is -0.152. The molecule has 0 spiro atoms. The van der Waals surface area contributed by atoms with E-state index in [2.05, 4.69) is 178 Å². The lowest BCUT2D eigenvalue weighted by molar-refractivity contribution is 0.667. The van der Waals surface area contributed by atoms with E-state index in [1.54, 1.807) is 0 Å². The first-order valence-corrected chi connectivity index (χ1v) is 18.9. The largest absolute Gasteiger partial charge is 0.456 e. The molecular weight excluding hydrogens is 653 g/mol. The van der Waals surface area contributed by atoms with Crippen molar-refractivity contribution in [3.63, 3.8) is 0 Å². The summed E-state index contributed by atoms with van der Waals surface area (Å²) in [4.78, 5) is 0. The quantitative estimate of drug-likeness (QED) is 0.130. The number of furan rings is 1. The molecule has 0 atom stereocenters. The summed E-state index contributed by atoms with van der Waals surface area (Å²) in [6.07, 6.45) is 0. The van der Waals surface area contributed by atoms with E-state index >= 15 is 0 Å². The molecule has 1 aromatic heterocycles. The number of benzene rings is 10. The second-order valence-electron chi connectivity index (χ2n) is 15.6. The first-order chi connectivity index (χ1) is 26.5. The van der Waals surface area contributed by atoms with Crippen LogP contribution in [0.1, 0.15) is 25.0 Å². The van der Waals surface area contributed by atoms with Crippen molar-refractivity contribution in [1.82, 2.24) is 0 Å². The molecule has 0 amide bonds. The fourth-order valence-corrected chi connectivity index (χ4v) is 10.0. The van der Waals surface area contributed by atoms with E-state index < -0.39 is 0 Å². The van der Waals surface area contributed by atoms with Gasteiger partial charge >= 0.3 is 0 Å². The van der Waals surface area contributed by atoms with Crippen LogP contribution in [0.25, 0.3) is 109 Å². The van der Waals surface area contributed by atoms with Crippen molar-refractivity contribution in [2.24, 2.45) is 0 Å². The fourth-order valence-electron chi connectivity index (χ4n) is 10.0. The van der Waals surface area contributed by atoms with E-state index in [-0.39, 0.29) is 5.41 Å². The van der Waals surface area contributed by atoms with Crippen molar-refractivity contribution in [2.45, 2.75) is 19.3 Å². The Morgan fingerprint density at radius 3 is 1.48 bits per heavy atom. The van der Waals surface area contributed by atoms with Crippen LogP contribution in [0.5, 0.6) is 0 Å². The van der Waals surface area contributed by atoms with E-state index in [4.69, 9.17) is 4.42 Å². The highest BCUT2D eigenvalue weighted by Crippen LogP contribution is 2.55. The van der Waals surface area contributed by atoms with Crippen LogP contribution in [0, 0.1) is 0 Å². The van der Waals surface area contributed by atoms with Crippen LogP contribution in [0.3, 0.4) is 0 Å². The molecule has 10 aromatic carbocycles. The minimum absolute atomic E-state index is 0.152. The first-order valence-electron chi connectivity index (χ1n) is 18.9. The number of hydrogen-bond acceptors (Lipinski definition) is 1. The van der Waals surface area contributed by atoms with E-state index in [9.17, 15) is 0 Å². The Hall–Kier alpha value is -6.70. The van der Waals surface area contributed by atoms with Gasteiger partial charge in [0.05, 0.1) is 0 Å². The third-order valence-corrected chi connectivity index (χ3v) is 12.4. The van der Waals surface area contributed by atoms with E-state index in [0.717, 1.165) is 21.9 Å². The van der Waals surface area contributed by atoms with Crippen LogP contribution in [-0.2, 0) is 5.41 Å². The van der Waals surface area contributed by atoms with Crippen LogP contribution in [0.4, 0.5) is 0 Å². The SMILES string of the molecule is CC1(C)c2cc3cc(-c4c5ccccc5c(-c5ccc6oc7ccccc7c6c5)c5ccccc45)ccc3cc2-c2c1c1ccccc1c1ccccc21. The highest BCUT2D eigenvalue weighted by molar-refractivity contribution is 6.23. The molecular formula is C53H34O. The van der Waals surface area contributed by atoms with Gasteiger partial charge in [-0.15, -0.1) is 0 Å². The van der Waals surface area contributed by atoms with Crippen LogP contribution < -0.4 is 0 Å². The van der Waals surface area contributed by atoms with Gasteiger partial charge in [-0.3, -0.25) is 0 Å². The van der Waals surface area contributed by atoms with Crippen molar-refractivity contribution < 1.29 is 4.42 Å². The van der Waals surface area contributed by atoms with Gasteiger partial charge in [-0.25, -0.2) is 0 Å². The monoisotopic (exact) mass is 686 g/mol. The second kappa shape index (κ2) is 10.7. The maximum atomic E-state index is 6.23. The second-order valence-corrected chi connectivity index (χ2v) is 15.6. The molecule has 0 aliphatic heterocycles. The average Bonchev–Trinajstić information content (AvgIpc) is 3.70. The molecule has 1 heteroatoms. The van der Waals surface area contributed by atoms with Gasteiger partial charge < -0.3 is 4.42 Å². The molecule has 252 valence electrons. The molecule has 1 aliphatic carbocycles. The smallest absolute Gasteiger partial charge is 0.135 e. The molecule has 54 heavy (non-hydrogen) atoms. The summed E-state index contributed by atoms with van der Waals surface area (Å²) in [7, 11) is 0. The lowest BCUT2D eigenvalue weighted by atomic mass is 9.79. The zero-order valence-corrected chi connectivity index (χ0v) is 30.1. The third-order valence-electron chi connectivity index (χ3n) is 12.4. The highest BCUT2D eigenvalue weighted by atomic mass is 16.3. The number of fused-ring (bicyclic) bond motifs is 14. The zero-order valence-electron chi connectivity index (χ0n) is 30.1. The highest BCUT2D eigenvalue weighted by Gasteiger charge is 2.38. The standard InChI is InChI=1S/C53H34O/c1-53(2)46-30-34-27-32(24-23-31(34)28-45(46)51-38-16-5-3-13-35(38)36-14-4-10-21-43(36)52(51)53)49-39-17-6-8-19-41(39)50(42-20-9-7-18-40(42)49)33-25-26-48-44(29-33)37-15-11-12-22-47(37)54-48/h3-30H,1-2H3. The van der Waals surface area contributed by atoms with Crippen molar-refractivity contribution in [3.8, 4) is 33.4 Å². The maximum absolute atomic E-state index is 6.23. The minimum Gasteiger partial charge on any atom is -0.456 e. The molecule has 0 saturated heterocycles. The van der Waals surface area contributed by atoms with E-state index in [1.165, 1.54) is 98.4 Å². The van der Waals surface area contributed by atoms with Crippen molar-refractivity contribution >= 4 is 75.8 Å². The van der Waals surface area contributed by atoms with Gasteiger partial charge in [0.15, 0.2) is 0 Å². The molecule has 0 bridgehead atoms. The molecule has 0 N–H and O–H groups in total. The van der Waals surface area contributed by atoms with Crippen LogP contribution in [0.2, 0.25) is 0 Å². The Kier molecular flexibility index (Phi) is 5.90. The van der Waals surface area contributed by atoms with Crippen molar-refractivity contribution in [2.75, 3.05) is 0 Å². The summed E-state index contributed by atoms with van der Waals surface area (Å²) < 4.78 is 6.23. The lowest BCUT2D eigenvalue weighted by Crippen LogP contribution is -2.15. The van der Waals surface area contributed by atoms with Crippen LogP contribution in [0.15, 0.2) is 174 Å². The van der Waals surface area contributed by atoms with Crippen LogP contribution in [-0.4, -0.2) is 0 Å². The summed E-state index contributed by atoms with van der Waals surface area (Å²) in [6.45, 7) is 4.83. The summed E-state index contributed by atoms with van der Waals surface area (Å²) in [6, 6.07) is 62.9. The number of hydrogen-bond donors (Lipinski definition) is 0. The average molecular weight is 687 g/mol. The summed E-state index contributed by atoms with van der Waals surface area (Å²) in [5.74, 6) is 0. The first kappa shape index (κ1) is 29.8. The molecule has 0 radical (unpaired) electrons. The third kappa shape index (κ3) is 3.94. The van der Waals surface area contributed by atoms with Gasteiger partial charge in [-0.05, 0) is 135 Å². The number of para-hydroxylation sites is 1. The summed E-state index contributed by atoms with van der Waals surface area (Å²) in [5, 5.41) is 15.2. The van der Waals surface area contributed by atoms with E-state index in [0.29, 0.717) is 0 Å². The summed E-state index contributed by atoms with van der Waals surface area (Å²) in [5.41, 5.74) is 12.3. The van der Waals surface area contributed by atoms with Gasteiger partial charge in [0.25, 0.3) is 0 Å². The Balaban J connectivity index is 1.10. The van der Waals surface area contributed by atoms with Crippen molar-refractivity contribution in [3.05, 3.63) is 181 Å². The molecule has 0 fully saturated rings. The Labute approximate surface area is 312 Å². The van der Waals surface area contributed by atoms with Gasteiger partial charge in [-0.1, -0.05) is 147 Å². The van der Waals surface area contributed by atoms with Crippen molar-refractivity contribution in [1.29, 1.82) is 0 Å². The zero-order chi connectivity index (χ0) is 35.7. The molecule has 1 heterocycles. The van der Waals surface area contributed by atoms with Gasteiger partial charge in [-0.2, -0.15) is 0 Å². The Bertz CT molecular complexity index is 3350. The normalized spacial score (nSPS) is 13.5. The predicted molar refractivity (Wildman–Crippen MR) is 230 cm³/mol. The molecule has 1 aliphatic rings. The van der Waals surface area contributed by atoms with Gasteiger partial charge in [0.2, 0.25) is 0 Å². The predicted octanol–water partition coefficient (Wildman–Crippen LogP) is 15.0. The summed E-state index contributed by atoms with van der Waals surface area (Å²) >= 11 is 0. The maximum Gasteiger partial charge on any atom is 0.135 e. The number of rotatable bonds is 2. The molecule has 1 nitrogen and oxygen atoms in total. The molecule has 11 aromatic rings. The van der Waals surface area contributed by atoms with Gasteiger partial charge in [0.1, 0.15) is 11.2 Å². The Morgan fingerprint density at radius 2 is 0.833 bits per heavy atom. The lowest BCUT2D eigenvalue weighted by Gasteiger charge is -2.24. The molecule has 12 rings (SSSR count).